The Labute approximate surface area is 130 Å². The number of ether oxygens (including phenoxy) is 1. The molecule has 2 fully saturated rings. The molecule has 0 spiro atoms. The number of hydrogen-bond acceptors (Lipinski definition) is 4. The van der Waals surface area contributed by atoms with Crippen molar-refractivity contribution < 1.29 is 19.1 Å². The molecule has 1 aliphatic carbocycles. The van der Waals surface area contributed by atoms with Gasteiger partial charge in [0, 0.05) is 12.6 Å². The van der Waals surface area contributed by atoms with Crippen LogP contribution in [0, 0.1) is 0 Å². The van der Waals surface area contributed by atoms with E-state index in [0.29, 0.717) is 6.54 Å². The average Bonchev–Trinajstić information content (AvgIpc) is 2.48. The van der Waals surface area contributed by atoms with Crippen molar-refractivity contribution in [3.63, 3.8) is 0 Å². The lowest BCUT2D eigenvalue weighted by Gasteiger charge is -2.47. The number of rotatable bonds is 4. The molecule has 0 aromatic carbocycles. The number of fused-ring (bicyclic) bond motifs is 1. The molecule has 3 atom stereocenters. The Balaban J connectivity index is 2.20. The molecule has 2 aliphatic rings. The summed E-state index contributed by atoms with van der Waals surface area (Å²) in [4.78, 5) is 38.2. The van der Waals surface area contributed by atoms with E-state index in [1.807, 2.05) is 6.92 Å². The van der Waals surface area contributed by atoms with Crippen LogP contribution in [0.1, 0.15) is 46.0 Å². The molecule has 0 aromatic heterocycles. The lowest BCUT2D eigenvalue weighted by molar-refractivity contribution is -0.148. The SMILES string of the molecule is CCNC(=O)N1[C@@H](CC(=O)OCC)C(=O)N[C@H]2CCCC[C@@H]21. The van der Waals surface area contributed by atoms with E-state index in [9.17, 15) is 14.4 Å². The summed E-state index contributed by atoms with van der Waals surface area (Å²) in [5.41, 5.74) is 0. The predicted molar refractivity (Wildman–Crippen MR) is 80.1 cm³/mol. The Hall–Kier alpha value is -1.79. The molecule has 22 heavy (non-hydrogen) atoms. The first-order chi connectivity index (χ1) is 10.6. The third-order valence-corrected chi connectivity index (χ3v) is 4.28. The van der Waals surface area contributed by atoms with E-state index in [2.05, 4.69) is 10.6 Å². The van der Waals surface area contributed by atoms with Crippen molar-refractivity contribution in [2.45, 2.75) is 64.1 Å². The van der Waals surface area contributed by atoms with Gasteiger partial charge in [-0.2, -0.15) is 0 Å². The van der Waals surface area contributed by atoms with Gasteiger partial charge in [-0.1, -0.05) is 12.8 Å². The molecule has 2 rings (SSSR count). The van der Waals surface area contributed by atoms with Crippen LogP contribution in [0.15, 0.2) is 0 Å². The molecule has 0 radical (unpaired) electrons. The number of piperazine rings is 1. The summed E-state index contributed by atoms with van der Waals surface area (Å²) in [6.45, 7) is 4.30. The van der Waals surface area contributed by atoms with Gasteiger partial charge in [-0.05, 0) is 26.7 Å². The van der Waals surface area contributed by atoms with Gasteiger partial charge in [0.25, 0.3) is 0 Å². The quantitative estimate of drug-likeness (QED) is 0.751. The number of esters is 1. The van der Waals surface area contributed by atoms with Gasteiger partial charge in [-0.25, -0.2) is 4.79 Å². The molecule has 0 aromatic rings. The third-order valence-electron chi connectivity index (χ3n) is 4.28. The Morgan fingerprint density at radius 1 is 1.32 bits per heavy atom. The zero-order chi connectivity index (χ0) is 16.1. The topological polar surface area (TPSA) is 87.7 Å². The van der Waals surface area contributed by atoms with Gasteiger partial charge in [0.2, 0.25) is 5.91 Å². The Morgan fingerprint density at radius 3 is 2.73 bits per heavy atom. The van der Waals surface area contributed by atoms with Gasteiger partial charge in [0.05, 0.1) is 19.1 Å². The Morgan fingerprint density at radius 2 is 2.05 bits per heavy atom. The van der Waals surface area contributed by atoms with Crippen molar-refractivity contribution in [1.29, 1.82) is 0 Å². The normalized spacial score (nSPS) is 27.6. The van der Waals surface area contributed by atoms with Crippen molar-refractivity contribution in [2.75, 3.05) is 13.2 Å². The first-order valence-corrected chi connectivity index (χ1v) is 8.10. The second-order valence-electron chi connectivity index (χ2n) is 5.73. The number of amides is 3. The molecule has 0 bridgehead atoms. The monoisotopic (exact) mass is 311 g/mol. The van der Waals surface area contributed by atoms with E-state index in [1.54, 1.807) is 11.8 Å². The standard InChI is InChI=1S/C15H25N3O4/c1-3-16-15(21)18-11-8-6-5-7-10(11)17-14(20)12(18)9-13(19)22-4-2/h10-12H,3-9H2,1-2H3,(H,16,21)(H,17,20)/t10-,11-,12-/m0/s1. The maximum absolute atomic E-state index is 12.4. The van der Waals surface area contributed by atoms with Gasteiger partial charge in [0.15, 0.2) is 0 Å². The molecule has 1 heterocycles. The highest BCUT2D eigenvalue weighted by Crippen LogP contribution is 2.29. The smallest absolute Gasteiger partial charge is 0.318 e. The van der Waals surface area contributed by atoms with Crippen LogP contribution < -0.4 is 10.6 Å². The molecular formula is C15H25N3O4. The largest absolute Gasteiger partial charge is 0.466 e. The zero-order valence-electron chi connectivity index (χ0n) is 13.3. The molecule has 1 saturated carbocycles. The van der Waals surface area contributed by atoms with Crippen molar-refractivity contribution >= 4 is 17.9 Å². The first-order valence-electron chi connectivity index (χ1n) is 8.10. The second-order valence-corrected chi connectivity index (χ2v) is 5.73. The highest BCUT2D eigenvalue weighted by Gasteiger charge is 2.45. The molecule has 0 unspecified atom stereocenters. The fraction of sp³-hybridized carbons (Fsp3) is 0.800. The fourth-order valence-electron chi connectivity index (χ4n) is 3.35. The number of nitrogens with zero attached hydrogens (tertiary/aromatic N) is 1. The van der Waals surface area contributed by atoms with Crippen LogP contribution in [0.25, 0.3) is 0 Å². The predicted octanol–water partition coefficient (Wildman–Crippen LogP) is 0.781. The van der Waals surface area contributed by atoms with Crippen LogP contribution >= 0.6 is 0 Å². The van der Waals surface area contributed by atoms with Crippen LogP contribution in [-0.2, 0) is 14.3 Å². The molecule has 7 nitrogen and oxygen atoms in total. The van der Waals surface area contributed by atoms with Crippen LogP contribution in [-0.4, -0.2) is 54.1 Å². The number of hydrogen-bond donors (Lipinski definition) is 2. The van der Waals surface area contributed by atoms with Crippen molar-refractivity contribution in [1.82, 2.24) is 15.5 Å². The molecule has 7 heteroatoms. The van der Waals surface area contributed by atoms with Crippen molar-refractivity contribution in [3.05, 3.63) is 0 Å². The van der Waals surface area contributed by atoms with E-state index in [4.69, 9.17) is 4.74 Å². The van der Waals surface area contributed by atoms with Crippen molar-refractivity contribution in [3.8, 4) is 0 Å². The molecule has 1 saturated heterocycles. The Bertz CT molecular complexity index is 441. The summed E-state index contributed by atoms with van der Waals surface area (Å²) in [6.07, 6.45) is 3.70. The maximum Gasteiger partial charge on any atom is 0.318 e. The van der Waals surface area contributed by atoms with E-state index in [0.717, 1.165) is 25.7 Å². The minimum Gasteiger partial charge on any atom is -0.466 e. The van der Waals surface area contributed by atoms with Crippen LogP contribution in [0.4, 0.5) is 4.79 Å². The minimum absolute atomic E-state index is 0.0118. The molecular weight excluding hydrogens is 286 g/mol. The van der Waals surface area contributed by atoms with Gasteiger partial charge in [-0.3, -0.25) is 9.59 Å². The lowest BCUT2D eigenvalue weighted by Crippen LogP contribution is -2.69. The lowest BCUT2D eigenvalue weighted by atomic mass is 9.85. The number of urea groups is 1. The van der Waals surface area contributed by atoms with Crippen molar-refractivity contribution in [2.24, 2.45) is 0 Å². The average molecular weight is 311 g/mol. The van der Waals surface area contributed by atoms with E-state index < -0.39 is 12.0 Å². The number of carbonyl (C=O) groups excluding carboxylic acids is 3. The third kappa shape index (κ3) is 3.51. The highest BCUT2D eigenvalue weighted by atomic mass is 16.5. The van der Waals surface area contributed by atoms with Gasteiger partial charge in [0.1, 0.15) is 6.04 Å². The molecule has 1 aliphatic heterocycles. The summed E-state index contributed by atoms with van der Waals surface area (Å²) in [7, 11) is 0. The van der Waals surface area contributed by atoms with Gasteiger partial charge < -0.3 is 20.3 Å². The second kappa shape index (κ2) is 7.47. The maximum atomic E-state index is 12.4. The molecule has 3 amide bonds. The van der Waals surface area contributed by atoms with Gasteiger partial charge in [-0.15, -0.1) is 0 Å². The summed E-state index contributed by atoms with van der Waals surface area (Å²) in [5, 5.41) is 5.73. The summed E-state index contributed by atoms with van der Waals surface area (Å²) in [5.74, 6) is -0.714. The number of nitrogens with one attached hydrogen (secondary N) is 2. The van der Waals surface area contributed by atoms with Crippen LogP contribution in [0.5, 0.6) is 0 Å². The number of carbonyl (C=O) groups is 3. The van der Waals surface area contributed by atoms with E-state index in [1.165, 1.54) is 0 Å². The van der Waals surface area contributed by atoms with E-state index in [-0.39, 0.29) is 37.0 Å². The van der Waals surface area contributed by atoms with Crippen LogP contribution in [0.3, 0.4) is 0 Å². The molecule has 124 valence electrons. The van der Waals surface area contributed by atoms with E-state index >= 15 is 0 Å². The highest BCUT2D eigenvalue weighted by molar-refractivity contribution is 5.92. The zero-order valence-corrected chi connectivity index (χ0v) is 13.3. The first kappa shape index (κ1) is 16.6. The van der Waals surface area contributed by atoms with Crippen LogP contribution in [0.2, 0.25) is 0 Å². The van der Waals surface area contributed by atoms with Gasteiger partial charge >= 0.3 is 12.0 Å². The minimum atomic E-state index is -0.787. The summed E-state index contributed by atoms with van der Waals surface area (Å²) < 4.78 is 4.94. The summed E-state index contributed by atoms with van der Waals surface area (Å²) in [6, 6.07) is -1.12. The Kier molecular flexibility index (Phi) is 5.63. The molecule has 2 N–H and O–H groups in total. The summed E-state index contributed by atoms with van der Waals surface area (Å²) >= 11 is 0. The fourth-order valence-corrected chi connectivity index (χ4v) is 3.35.